The Labute approximate surface area is 107 Å². The Morgan fingerprint density at radius 2 is 1.95 bits per heavy atom. The molecule has 0 unspecified atom stereocenters. The van der Waals surface area contributed by atoms with Gasteiger partial charge in [0.1, 0.15) is 11.8 Å². The Morgan fingerprint density at radius 1 is 1.32 bits per heavy atom. The normalized spacial score (nSPS) is 19.5. The molecule has 0 aliphatic carbocycles. The second-order valence-electron chi connectivity index (χ2n) is 4.30. The highest BCUT2D eigenvalue weighted by atomic mass is 19.4. The van der Waals surface area contributed by atoms with E-state index in [0.29, 0.717) is 18.7 Å². The number of alkyl halides is 3. The van der Waals surface area contributed by atoms with Crippen LogP contribution in [0.15, 0.2) is 24.3 Å². The van der Waals surface area contributed by atoms with Crippen molar-refractivity contribution in [2.75, 3.05) is 11.4 Å². The Hall–Kier alpha value is -1.92. The minimum Gasteiger partial charge on any atom is -0.406 e. The number of anilines is 1. The number of benzene rings is 1. The van der Waals surface area contributed by atoms with E-state index in [2.05, 4.69) is 4.74 Å². The highest BCUT2D eigenvalue weighted by molar-refractivity contribution is 5.84. The molecule has 1 aromatic rings. The van der Waals surface area contributed by atoms with Gasteiger partial charge < -0.3 is 15.4 Å². The molecule has 0 saturated carbocycles. The molecule has 1 atom stereocenters. The van der Waals surface area contributed by atoms with Gasteiger partial charge >= 0.3 is 6.36 Å². The predicted octanol–water partition coefficient (Wildman–Crippen LogP) is 2.04. The summed E-state index contributed by atoms with van der Waals surface area (Å²) >= 11 is 0. The van der Waals surface area contributed by atoms with E-state index < -0.39 is 18.3 Å². The van der Waals surface area contributed by atoms with Crippen molar-refractivity contribution in [3.63, 3.8) is 0 Å². The van der Waals surface area contributed by atoms with Crippen molar-refractivity contribution in [1.29, 1.82) is 0 Å². The van der Waals surface area contributed by atoms with Crippen molar-refractivity contribution in [3.05, 3.63) is 24.3 Å². The van der Waals surface area contributed by atoms with Gasteiger partial charge in [0.05, 0.1) is 0 Å². The van der Waals surface area contributed by atoms with Crippen LogP contribution in [-0.2, 0) is 4.79 Å². The van der Waals surface area contributed by atoms with E-state index in [4.69, 9.17) is 5.73 Å². The van der Waals surface area contributed by atoms with E-state index in [1.165, 1.54) is 24.3 Å². The number of nitrogens with zero attached hydrogens (tertiary/aromatic N) is 1. The highest BCUT2D eigenvalue weighted by Gasteiger charge is 2.32. The number of amides is 1. The maximum absolute atomic E-state index is 12.0. The summed E-state index contributed by atoms with van der Waals surface area (Å²) in [7, 11) is 0. The minimum atomic E-state index is -4.70. The lowest BCUT2D eigenvalue weighted by atomic mass is 10.2. The summed E-state index contributed by atoms with van der Waals surface area (Å²) in [5, 5.41) is 0. The van der Waals surface area contributed by atoms with Gasteiger partial charge in [0, 0.05) is 12.2 Å². The predicted molar refractivity (Wildman–Crippen MR) is 62.7 cm³/mol. The number of rotatable bonds is 3. The van der Waals surface area contributed by atoms with Crippen molar-refractivity contribution >= 4 is 11.6 Å². The largest absolute Gasteiger partial charge is 0.573 e. The van der Waals surface area contributed by atoms with Gasteiger partial charge in [-0.2, -0.15) is 0 Å². The van der Waals surface area contributed by atoms with Crippen LogP contribution in [-0.4, -0.2) is 24.9 Å². The van der Waals surface area contributed by atoms with Gasteiger partial charge in [0.25, 0.3) is 0 Å². The number of carbonyl (C=O) groups is 1. The molecule has 2 N–H and O–H groups in total. The maximum atomic E-state index is 12.0. The molecule has 1 heterocycles. The number of carbonyl (C=O) groups excluding carboxylic acids is 1. The van der Waals surface area contributed by atoms with Crippen LogP contribution in [0, 0.1) is 0 Å². The maximum Gasteiger partial charge on any atom is 0.573 e. The van der Waals surface area contributed by atoms with Crippen LogP contribution in [0.2, 0.25) is 0 Å². The molecular weight excluding hydrogens is 261 g/mol. The number of primary amides is 1. The smallest absolute Gasteiger partial charge is 0.406 e. The zero-order valence-electron chi connectivity index (χ0n) is 9.98. The SMILES string of the molecule is NC(=O)[C@H]1CCCN1c1ccc(OC(F)(F)F)cc1. The number of halogens is 3. The van der Waals surface area contributed by atoms with Crippen molar-refractivity contribution in [3.8, 4) is 5.75 Å². The standard InChI is InChI=1S/C12H13F3N2O2/c13-12(14,15)19-9-5-3-8(4-6-9)17-7-1-2-10(17)11(16)18/h3-6,10H,1-2,7H2,(H2,16,18)/t10-/m1/s1. The molecule has 104 valence electrons. The van der Waals surface area contributed by atoms with Gasteiger partial charge in [-0.25, -0.2) is 0 Å². The Balaban J connectivity index is 2.12. The molecule has 1 fully saturated rings. The van der Waals surface area contributed by atoms with Crippen molar-refractivity contribution < 1.29 is 22.7 Å². The first-order valence-corrected chi connectivity index (χ1v) is 5.78. The molecule has 1 aliphatic rings. The Kier molecular flexibility index (Phi) is 3.55. The molecule has 0 spiro atoms. The number of nitrogens with two attached hydrogens (primary N) is 1. The monoisotopic (exact) mass is 274 g/mol. The summed E-state index contributed by atoms with van der Waals surface area (Å²) in [6.45, 7) is 0.660. The topological polar surface area (TPSA) is 55.6 Å². The van der Waals surface area contributed by atoms with Crippen LogP contribution in [0.5, 0.6) is 5.75 Å². The summed E-state index contributed by atoms with van der Waals surface area (Å²) in [6, 6.07) is 5.03. The van der Waals surface area contributed by atoms with E-state index in [1.807, 2.05) is 0 Å². The van der Waals surface area contributed by atoms with Crippen LogP contribution in [0.1, 0.15) is 12.8 Å². The molecule has 0 aromatic heterocycles. The second-order valence-corrected chi connectivity index (χ2v) is 4.30. The molecular formula is C12H13F3N2O2. The molecule has 1 amide bonds. The van der Waals surface area contributed by atoms with Crippen molar-refractivity contribution in [2.24, 2.45) is 5.73 Å². The quantitative estimate of drug-likeness (QED) is 0.917. The summed E-state index contributed by atoms with van der Waals surface area (Å²) < 4.78 is 39.8. The molecule has 0 radical (unpaired) electrons. The van der Waals surface area contributed by atoms with E-state index in [-0.39, 0.29) is 5.75 Å². The van der Waals surface area contributed by atoms with Gasteiger partial charge in [0.2, 0.25) is 5.91 Å². The summed E-state index contributed by atoms with van der Waals surface area (Å²) in [4.78, 5) is 13.0. The second kappa shape index (κ2) is 4.99. The summed E-state index contributed by atoms with van der Waals surface area (Å²) in [5.41, 5.74) is 5.95. The fourth-order valence-electron chi connectivity index (χ4n) is 2.21. The van der Waals surface area contributed by atoms with E-state index in [0.717, 1.165) is 6.42 Å². The van der Waals surface area contributed by atoms with Crippen molar-refractivity contribution in [1.82, 2.24) is 0 Å². The van der Waals surface area contributed by atoms with Gasteiger partial charge in [-0.3, -0.25) is 4.79 Å². The Morgan fingerprint density at radius 3 is 2.47 bits per heavy atom. The lowest BCUT2D eigenvalue weighted by molar-refractivity contribution is -0.274. The first kappa shape index (κ1) is 13.5. The van der Waals surface area contributed by atoms with Gasteiger partial charge in [-0.15, -0.1) is 13.2 Å². The molecule has 7 heteroatoms. The number of hydrogen-bond acceptors (Lipinski definition) is 3. The van der Waals surface area contributed by atoms with Crippen LogP contribution in [0.25, 0.3) is 0 Å². The molecule has 19 heavy (non-hydrogen) atoms. The van der Waals surface area contributed by atoms with E-state index in [1.54, 1.807) is 4.90 Å². The zero-order chi connectivity index (χ0) is 14.0. The number of ether oxygens (including phenoxy) is 1. The van der Waals surface area contributed by atoms with Gasteiger partial charge in [-0.05, 0) is 37.1 Å². The lowest BCUT2D eigenvalue weighted by Gasteiger charge is -2.24. The molecule has 1 saturated heterocycles. The van der Waals surface area contributed by atoms with Crippen molar-refractivity contribution in [2.45, 2.75) is 25.2 Å². The molecule has 0 bridgehead atoms. The first-order valence-electron chi connectivity index (χ1n) is 5.78. The molecule has 2 rings (SSSR count). The summed E-state index contributed by atoms with van der Waals surface area (Å²) in [6.07, 6.45) is -3.21. The van der Waals surface area contributed by atoms with Crippen LogP contribution < -0.4 is 15.4 Å². The van der Waals surface area contributed by atoms with E-state index in [9.17, 15) is 18.0 Å². The average molecular weight is 274 g/mol. The minimum absolute atomic E-state index is 0.286. The zero-order valence-corrected chi connectivity index (χ0v) is 9.98. The third kappa shape index (κ3) is 3.30. The molecule has 1 aromatic carbocycles. The first-order chi connectivity index (χ1) is 8.87. The van der Waals surface area contributed by atoms with Gasteiger partial charge in [0.15, 0.2) is 0 Å². The third-order valence-corrected chi connectivity index (χ3v) is 2.98. The summed E-state index contributed by atoms with van der Waals surface area (Å²) in [5.74, 6) is -0.709. The lowest BCUT2D eigenvalue weighted by Crippen LogP contribution is -2.40. The fourth-order valence-corrected chi connectivity index (χ4v) is 2.21. The molecule has 1 aliphatic heterocycles. The fraction of sp³-hybridized carbons (Fsp3) is 0.417. The molecule has 4 nitrogen and oxygen atoms in total. The van der Waals surface area contributed by atoms with E-state index >= 15 is 0 Å². The third-order valence-electron chi connectivity index (χ3n) is 2.98. The average Bonchev–Trinajstić information content (AvgIpc) is 2.76. The Bertz CT molecular complexity index is 459. The van der Waals surface area contributed by atoms with Gasteiger partial charge in [-0.1, -0.05) is 0 Å². The van der Waals surface area contributed by atoms with Crippen LogP contribution in [0.4, 0.5) is 18.9 Å². The van der Waals surface area contributed by atoms with Crippen LogP contribution >= 0.6 is 0 Å². The number of hydrogen-bond donors (Lipinski definition) is 1. The van der Waals surface area contributed by atoms with Crippen LogP contribution in [0.3, 0.4) is 0 Å². The highest BCUT2D eigenvalue weighted by Crippen LogP contribution is 2.29.